The van der Waals surface area contributed by atoms with Crippen LogP contribution in [0.25, 0.3) is 11.0 Å². The lowest BCUT2D eigenvalue weighted by atomic mass is 10.2. The van der Waals surface area contributed by atoms with E-state index < -0.39 is 0 Å². The van der Waals surface area contributed by atoms with Crippen molar-refractivity contribution in [2.24, 2.45) is 0 Å². The lowest BCUT2D eigenvalue weighted by Gasteiger charge is -2.03. The fraction of sp³-hybridized carbons (Fsp3) is 0.118. The van der Waals surface area contributed by atoms with E-state index in [0.717, 1.165) is 10.9 Å². The number of halogens is 1. The summed E-state index contributed by atoms with van der Waals surface area (Å²) in [5, 5.41) is 4.31. The van der Waals surface area contributed by atoms with Gasteiger partial charge >= 0.3 is 0 Å². The smallest absolute Gasteiger partial charge is 0.287 e. The zero-order valence-electron chi connectivity index (χ0n) is 11.9. The highest BCUT2D eigenvalue weighted by molar-refractivity contribution is 6.30. The molecule has 0 saturated carbocycles. The van der Waals surface area contributed by atoms with Crippen LogP contribution >= 0.6 is 11.6 Å². The molecular weight excluding hydrogens is 302 g/mol. The Morgan fingerprint density at radius 2 is 2.00 bits per heavy atom. The minimum absolute atomic E-state index is 0.258. The van der Waals surface area contributed by atoms with Crippen molar-refractivity contribution >= 4 is 28.5 Å². The van der Waals surface area contributed by atoms with Crippen LogP contribution in [0.4, 0.5) is 0 Å². The van der Waals surface area contributed by atoms with E-state index in [1.165, 1.54) is 0 Å². The largest absolute Gasteiger partial charge is 0.493 e. The third-order valence-electron chi connectivity index (χ3n) is 3.32. The van der Waals surface area contributed by atoms with Gasteiger partial charge < -0.3 is 14.5 Å². The molecule has 5 heteroatoms. The molecule has 0 aliphatic heterocycles. The average Bonchev–Trinajstić information content (AvgIpc) is 2.98. The summed E-state index contributed by atoms with van der Waals surface area (Å²) in [5.74, 6) is 0.593. The van der Waals surface area contributed by atoms with Gasteiger partial charge in [0.2, 0.25) is 0 Å². The summed E-state index contributed by atoms with van der Waals surface area (Å²) in [6.07, 6.45) is 0. The molecule has 0 fully saturated rings. The number of hydrogen-bond acceptors (Lipinski definition) is 3. The van der Waals surface area contributed by atoms with Crippen molar-refractivity contribution < 1.29 is 13.9 Å². The number of hydrogen-bond donors (Lipinski definition) is 1. The van der Waals surface area contributed by atoms with Gasteiger partial charge in [-0.15, -0.1) is 0 Å². The van der Waals surface area contributed by atoms with Gasteiger partial charge in [-0.3, -0.25) is 4.79 Å². The minimum atomic E-state index is -0.270. The fourth-order valence-corrected chi connectivity index (χ4v) is 2.31. The number of fused-ring (bicyclic) bond motifs is 1. The van der Waals surface area contributed by atoms with Crippen LogP contribution < -0.4 is 10.1 Å². The Kier molecular flexibility index (Phi) is 4.02. The van der Waals surface area contributed by atoms with Gasteiger partial charge in [-0.05, 0) is 29.8 Å². The van der Waals surface area contributed by atoms with Crippen molar-refractivity contribution in [3.63, 3.8) is 0 Å². The molecule has 1 aromatic heterocycles. The Morgan fingerprint density at radius 3 is 2.73 bits per heavy atom. The Morgan fingerprint density at radius 1 is 1.23 bits per heavy atom. The first-order valence-corrected chi connectivity index (χ1v) is 7.14. The molecule has 2 aromatic carbocycles. The summed E-state index contributed by atoms with van der Waals surface area (Å²) < 4.78 is 10.8. The van der Waals surface area contributed by atoms with Crippen molar-refractivity contribution in [2.75, 3.05) is 7.11 Å². The van der Waals surface area contributed by atoms with Gasteiger partial charge in [0.15, 0.2) is 17.1 Å². The van der Waals surface area contributed by atoms with Crippen LogP contribution in [0.2, 0.25) is 5.02 Å². The molecule has 1 amide bonds. The molecule has 0 bridgehead atoms. The van der Waals surface area contributed by atoms with E-state index in [9.17, 15) is 4.79 Å². The van der Waals surface area contributed by atoms with E-state index in [1.807, 2.05) is 24.3 Å². The van der Waals surface area contributed by atoms with Crippen molar-refractivity contribution in [1.82, 2.24) is 5.32 Å². The van der Waals surface area contributed by atoms with Crippen LogP contribution in [0.1, 0.15) is 16.1 Å². The van der Waals surface area contributed by atoms with Crippen LogP contribution in [0, 0.1) is 0 Å². The predicted molar refractivity (Wildman–Crippen MR) is 85.4 cm³/mol. The van der Waals surface area contributed by atoms with E-state index in [4.69, 9.17) is 20.8 Å². The maximum atomic E-state index is 12.2. The van der Waals surface area contributed by atoms with Gasteiger partial charge in [0, 0.05) is 17.0 Å². The van der Waals surface area contributed by atoms with Crippen molar-refractivity contribution in [3.05, 3.63) is 64.9 Å². The highest BCUT2D eigenvalue weighted by Gasteiger charge is 2.14. The number of rotatable bonds is 4. The zero-order chi connectivity index (χ0) is 15.5. The number of carbonyl (C=O) groups excluding carboxylic acids is 1. The van der Waals surface area contributed by atoms with Crippen molar-refractivity contribution in [3.8, 4) is 5.75 Å². The highest BCUT2D eigenvalue weighted by Crippen LogP contribution is 2.28. The molecule has 4 nitrogen and oxygen atoms in total. The third-order valence-corrected chi connectivity index (χ3v) is 3.57. The molecular formula is C17H14ClNO3. The molecule has 0 saturated heterocycles. The molecule has 0 unspecified atom stereocenters. The first-order valence-electron chi connectivity index (χ1n) is 6.76. The van der Waals surface area contributed by atoms with Crippen LogP contribution in [-0.2, 0) is 6.54 Å². The molecule has 0 aliphatic rings. The topological polar surface area (TPSA) is 51.5 Å². The van der Waals surface area contributed by atoms with Crippen LogP contribution in [-0.4, -0.2) is 13.0 Å². The maximum absolute atomic E-state index is 12.2. The summed E-state index contributed by atoms with van der Waals surface area (Å²) >= 11 is 5.83. The van der Waals surface area contributed by atoms with E-state index in [0.29, 0.717) is 22.9 Å². The van der Waals surface area contributed by atoms with E-state index in [2.05, 4.69) is 5.32 Å². The SMILES string of the molecule is COc1cccc2cc(C(=O)NCc3ccc(Cl)cc3)oc12. The highest BCUT2D eigenvalue weighted by atomic mass is 35.5. The molecule has 3 rings (SSSR count). The van der Waals surface area contributed by atoms with Gasteiger partial charge in [-0.1, -0.05) is 35.9 Å². The predicted octanol–water partition coefficient (Wildman–Crippen LogP) is 4.02. The van der Waals surface area contributed by atoms with Crippen molar-refractivity contribution in [2.45, 2.75) is 6.54 Å². The zero-order valence-corrected chi connectivity index (χ0v) is 12.7. The molecule has 22 heavy (non-hydrogen) atoms. The quantitative estimate of drug-likeness (QED) is 0.791. The van der Waals surface area contributed by atoms with Crippen molar-refractivity contribution in [1.29, 1.82) is 0 Å². The van der Waals surface area contributed by atoms with E-state index >= 15 is 0 Å². The number of para-hydroxylation sites is 1. The summed E-state index contributed by atoms with van der Waals surface area (Å²) in [7, 11) is 1.57. The Labute approximate surface area is 132 Å². The average molecular weight is 316 g/mol. The summed E-state index contributed by atoms with van der Waals surface area (Å²) in [6, 6.07) is 14.5. The number of nitrogens with one attached hydrogen (secondary N) is 1. The number of ether oxygens (including phenoxy) is 1. The molecule has 112 valence electrons. The summed E-state index contributed by atoms with van der Waals surface area (Å²) in [6.45, 7) is 0.407. The first-order chi connectivity index (χ1) is 10.7. The second-order valence-electron chi connectivity index (χ2n) is 4.80. The van der Waals surface area contributed by atoms with Gasteiger partial charge in [0.05, 0.1) is 7.11 Å². The number of benzene rings is 2. The number of methoxy groups -OCH3 is 1. The van der Waals surface area contributed by atoms with Crippen LogP contribution in [0.5, 0.6) is 5.75 Å². The van der Waals surface area contributed by atoms with Gasteiger partial charge in [-0.2, -0.15) is 0 Å². The number of carbonyl (C=O) groups is 1. The molecule has 1 N–H and O–H groups in total. The molecule has 0 radical (unpaired) electrons. The molecule has 3 aromatic rings. The Balaban J connectivity index is 1.76. The first kappa shape index (κ1) is 14.5. The number of furan rings is 1. The lowest BCUT2D eigenvalue weighted by Crippen LogP contribution is -2.22. The standard InChI is InChI=1S/C17H14ClNO3/c1-21-14-4-2-3-12-9-15(22-16(12)14)17(20)19-10-11-5-7-13(18)8-6-11/h2-9H,10H2,1H3,(H,19,20). The van der Waals surface area contributed by atoms with Gasteiger partial charge in [-0.25, -0.2) is 0 Å². The molecule has 0 atom stereocenters. The minimum Gasteiger partial charge on any atom is -0.493 e. The lowest BCUT2D eigenvalue weighted by molar-refractivity contribution is 0.0925. The van der Waals surface area contributed by atoms with E-state index in [-0.39, 0.29) is 11.7 Å². The van der Waals surface area contributed by atoms with Gasteiger partial charge in [0.1, 0.15) is 0 Å². The van der Waals surface area contributed by atoms with Crippen LogP contribution in [0.3, 0.4) is 0 Å². The second-order valence-corrected chi connectivity index (χ2v) is 5.23. The Hall–Kier alpha value is -2.46. The fourth-order valence-electron chi connectivity index (χ4n) is 2.18. The molecule has 0 spiro atoms. The van der Waals surface area contributed by atoms with E-state index in [1.54, 1.807) is 31.4 Å². The molecule has 1 heterocycles. The Bertz CT molecular complexity index is 808. The molecule has 0 aliphatic carbocycles. The second kappa shape index (κ2) is 6.12. The number of amides is 1. The van der Waals surface area contributed by atoms with Gasteiger partial charge in [0.25, 0.3) is 5.91 Å². The summed E-state index contributed by atoms with van der Waals surface area (Å²) in [5.41, 5.74) is 1.54. The summed E-state index contributed by atoms with van der Waals surface area (Å²) in [4.78, 5) is 12.2. The normalized spacial score (nSPS) is 10.6. The maximum Gasteiger partial charge on any atom is 0.287 e. The monoisotopic (exact) mass is 315 g/mol. The third kappa shape index (κ3) is 2.92. The van der Waals surface area contributed by atoms with Crippen LogP contribution in [0.15, 0.2) is 52.9 Å².